The average molecular weight is 174 g/mol. The molecule has 0 aliphatic carbocycles. The minimum absolute atomic E-state index is 0. The molecule has 7 heteroatoms. The molecule has 0 radical (unpaired) electrons. The summed E-state index contributed by atoms with van der Waals surface area (Å²) in [6.45, 7) is 0. The second-order valence-electron chi connectivity index (χ2n) is 1.18. The zero-order valence-electron chi connectivity index (χ0n) is 5.41. The predicted octanol–water partition coefficient (Wildman–Crippen LogP) is 0.252. The Morgan fingerprint density at radius 1 is 0.818 bits per heavy atom. The normalized spacial score (nSPS) is 7.27. The van der Waals surface area contributed by atoms with Crippen molar-refractivity contribution in [3.63, 3.8) is 0 Å². The van der Waals surface area contributed by atoms with E-state index in [9.17, 15) is 0 Å². The van der Waals surface area contributed by atoms with Gasteiger partial charge in [-0.15, -0.1) is 10.2 Å². The van der Waals surface area contributed by atoms with Crippen LogP contribution in [-0.2, 0) is 0 Å². The van der Waals surface area contributed by atoms with Crippen LogP contribution in [0.3, 0.4) is 0 Å². The summed E-state index contributed by atoms with van der Waals surface area (Å²) >= 11 is 0. The first kappa shape index (κ1) is 9.63. The van der Waals surface area contributed by atoms with Crippen LogP contribution in [0.25, 0.3) is 0 Å². The lowest BCUT2D eigenvalue weighted by atomic mass is 11.0. The van der Waals surface area contributed by atoms with Gasteiger partial charge >= 0.3 is 0 Å². The topological polar surface area (TPSA) is 77.8 Å². The highest BCUT2D eigenvalue weighted by molar-refractivity contribution is 7.59. The van der Waals surface area contributed by atoms with E-state index in [1.165, 1.54) is 24.9 Å². The van der Waals surface area contributed by atoms with Crippen LogP contribution in [0.5, 0.6) is 0 Å². The number of aromatic nitrogens is 4. The number of hydrogen-bond donors (Lipinski definition) is 0. The van der Waals surface area contributed by atoms with Crippen molar-refractivity contribution in [3.05, 3.63) is 24.9 Å². The van der Waals surface area contributed by atoms with Crippen molar-refractivity contribution in [2.45, 2.75) is 0 Å². The van der Waals surface area contributed by atoms with Gasteiger partial charge < -0.3 is 9.05 Å². The zero-order chi connectivity index (χ0) is 7.07. The molecule has 0 saturated carbocycles. The van der Waals surface area contributed by atoms with Crippen LogP contribution in [0, 0.1) is 0 Å². The second kappa shape index (κ2) is 6.75. The molecule has 0 N–H and O–H groups in total. The quantitative estimate of drug-likeness (QED) is 0.569. The lowest BCUT2D eigenvalue weighted by molar-refractivity contribution is 0.392. The van der Waals surface area contributed by atoms with Crippen molar-refractivity contribution >= 4 is 13.5 Å². The average Bonchev–Trinajstić information content (AvgIpc) is 2.67. The standard InChI is InChI=1S/2C2H2N2O.H2S/c2*1-2-5-4-3-1;/h2*1-2H;1H2. The maximum Gasteiger partial charge on any atom is 0.144 e. The number of nitrogens with zero attached hydrogens (tertiary/aromatic N) is 4. The first-order chi connectivity index (χ1) is 5.00. The van der Waals surface area contributed by atoms with E-state index < -0.39 is 0 Å². The van der Waals surface area contributed by atoms with Gasteiger partial charge in [-0.05, 0) is 0 Å². The van der Waals surface area contributed by atoms with E-state index >= 15 is 0 Å². The summed E-state index contributed by atoms with van der Waals surface area (Å²) in [5.74, 6) is 0. The molecule has 2 rings (SSSR count). The molecule has 2 heterocycles. The molecule has 0 aliphatic heterocycles. The second-order valence-corrected chi connectivity index (χ2v) is 1.18. The van der Waals surface area contributed by atoms with Crippen LogP contribution in [0.1, 0.15) is 0 Å². The molecule has 0 bridgehead atoms. The fraction of sp³-hybridized carbons (Fsp3) is 0. The van der Waals surface area contributed by atoms with Gasteiger partial charge in [0.05, 0.1) is 12.4 Å². The van der Waals surface area contributed by atoms with Crippen LogP contribution in [-0.4, -0.2) is 20.7 Å². The zero-order valence-corrected chi connectivity index (χ0v) is 6.41. The summed E-state index contributed by atoms with van der Waals surface area (Å²) in [6.07, 6.45) is 5.75. The molecule has 0 spiro atoms. The van der Waals surface area contributed by atoms with Crippen molar-refractivity contribution in [2.75, 3.05) is 0 Å². The number of hydrogen-bond acceptors (Lipinski definition) is 6. The van der Waals surface area contributed by atoms with Gasteiger partial charge in [0, 0.05) is 10.5 Å². The minimum atomic E-state index is 0. The first-order valence-electron chi connectivity index (χ1n) is 2.42. The fourth-order valence-electron chi connectivity index (χ4n) is 0.272. The molecule has 0 saturated heterocycles. The van der Waals surface area contributed by atoms with E-state index in [0.29, 0.717) is 0 Å². The van der Waals surface area contributed by atoms with Gasteiger partial charge in [-0.2, -0.15) is 13.5 Å². The van der Waals surface area contributed by atoms with E-state index in [0.717, 1.165) is 0 Å². The summed E-state index contributed by atoms with van der Waals surface area (Å²) in [5, 5.41) is 12.8. The van der Waals surface area contributed by atoms with Crippen LogP contribution in [0.4, 0.5) is 0 Å². The Labute approximate surface area is 69.0 Å². The summed E-state index contributed by atoms with van der Waals surface area (Å²) in [4.78, 5) is 0. The molecule has 0 atom stereocenters. The Kier molecular flexibility index (Phi) is 5.91. The van der Waals surface area contributed by atoms with E-state index in [4.69, 9.17) is 0 Å². The largest absolute Gasteiger partial charge is 0.346 e. The molecule has 0 amide bonds. The van der Waals surface area contributed by atoms with Gasteiger partial charge in [0.25, 0.3) is 0 Å². The lowest BCUT2D eigenvalue weighted by Gasteiger charge is -1.45. The third-order valence-electron chi connectivity index (χ3n) is 0.565. The summed E-state index contributed by atoms with van der Waals surface area (Å²) in [7, 11) is 0. The van der Waals surface area contributed by atoms with E-state index in [-0.39, 0.29) is 13.5 Å². The molecule has 60 valence electrons. The fourth-order valence-corrected chi connectivity index (χ4v) is 0.272. The Morgan fingerprint density at radius 3 is 1.36 bits per heavy atom. The Bertz CT molecular complexity index is 159. The maximum absolute atomic E-state index is 4.22. The van der Waals surface area contributed by atoms with Crippen molar-refractivity contribution in [3.8, 4) is 0 Å². The Hall–Kier alpha value is -1.37. The molecule has 0 aliphatic rings. The molecule has 2 aromatic rings. The molecule has 0 fully saturated rings. The first-order valence-corrected chi connectivity index (χ1v) is 2.42. The third-order valence-corrected chi connectivity index (χ3v) is 0.565. The molecular formula is C4H6N4O2S. The molecule has 6 nitrogen and oxygen atoms in total. The van der Waals surface area contributed by atoms with Gasteiger partial charge in [-0.25, -0.2) is 0 Å². The third kappa shape index (κ3) is 5.09. The van der Waals surface area contributed by atoms with Crippen molar-refractivity contribution in [1.82, 2.24) is 20.7 Å². The van der Waals surface area contributed by atoms with E-state index in [2.05, 4.69) is 29.8 Å². The summed E-state index contributed by atoms with van der Waals surface area (Å²) < 4.78 is 8.44. The minimum Gasteiger partial charge on any atom is -0.346 e. The molecule has 11 heavy (non-hydrogen) atoms. The Morgan fingerprint density at radius 2 is 1.27 bits per heavy atom. The SMILES string of the molecule is S.c1conn1.c1conn1. The predicted molar refractivity (Wildman–Crippen MR) is 39.0 cm³/mol. The van der Waals surface area contributed by atoms with Crippen LogP contribution >= 0.6 is 13.5 Å². The van der Waals surface area contributed by atoms with Crippen LogP contribution in [0.15, 0.2) is 34.0 Å². The monoisotopic (exact) mass is 174 g/mol. The molecule has 0 aromatic carbocycles. The van der Waals surface area contributed by atoms with Crippen molar-refractivity contribution in [2.24, 2.45) is 0 Å². The van der Waals surface area contributed by atoms with Crippen LogP contribution in [0.2, 0.25) is 0 Å². The molecular weight excluding hydrogens is 168 g/mol. The van der Waals surface area contributed by atoms with Gasteiger partial charge in [0.15, 0.2) is 0 Å². The highest BCUT2D eigenvalue weighted by Crippen LogP contribution is 1.65. The Balaban J connectivity index is 0.000000167. The van der Waals surface area contributed by atoms with Crippen molar-refractivity contribution < 1.29 is 9.05 Å². The summed E-state index contributed by atoms with van der Waals surface area (Å²) in [5.41, 5.74) is 0. The van der Waals surface area contributed by atoms with E-state index in [1.54, 1.807) is 0 Å². The van der Waals surface area contributed by atoms with Crippen LogP contribution < -0.4 is 0 Å². The molecule has 2 aromatic heterocycles. The van der Waals surface area contributed by atoms with E-state index in [1.807, 2.05) is 0 Å². The highest BCUT2D eigenvalue weighted by atomic mass is 32.1. The highest BCUT2D eigenvalue weighted by Gasteiger charge is 1.62. The van der Waals surface area contributed by atoms with Gasteiger partial charge in [-0.1, -0.05) is 0 Å². The smallest absolute Gasteiger partial charge is 0.144 e. The van der Waals surface area contributed by atoms with Gasteiger partial charge in [-0.3, -0.25) is 0 Å². The lowest BCUT2D eigenvalue weighted by Crippen LogP contribution is -1.53. The van der Waals surface area contributed by atoms with Crippen molar-refractivity contribution in [1.29, 1.82) is 0 Å². The van der Waals surface area contributed by atoms with Gasteiger partial charge in [0.1, 0.15) is 12.5 Å². The van der Waals surface area contributed by atoms with Gasteiger partial charge in [0.2, 0.25) is 0 Å². The molecule has 0 unspecified atom stereocenters. The maximum atomic E-state index is 4.22. The summed E-state index contributed by atoms with van der Waals surface area (Å²) in [6, 6.07) is 0. The number of rotatable bonds is 0.